The minimum atomic E-state index is -0.426. The van der Waals surface area contributed by atoms with Crippen molar-refractivity contribution in [1.82, 2.24) is 4.90 Å². The van der Waals surface area contributed by atoms with Crippen molar-refractivity contribution >= 4 is 6.09 Å². The lowest BCUT2D eigenvalue weighted by Crippen LogP contribution is -2.38. The van der Waals surface area contributed by atoms with E-state index in [1.807, 2.05) is 20.8 Å². The van der Waals surface area contributed by atoms with Gasteiger partial charge in [-0.1, -0.05) is 6.92 Å². The zero-order chi connectivity index (χ0) is 12.1. The molecule has 2 rings (SSSR count). The molecule has 1 amide bonds. The van der Waals surface area contributed by atoms with Gasteiger partial charge in [0.1, 0.15) is 5.60 Å². The number of fused-ring (bicyclic) bond motifs is 1. The van der Waals surface area contributed by atoms with Crippen LogP contribution in [0.4, 0.5) is 4.79 Å². The van der Waals surface area contributed by atoms with Crippen LogP contribution in [0.1, 0.15) is 27.7 Å². The maximum absolute atomic E-state index is 11.8. The third-order valence-electron chi connectivity index (χ3n) is 3.90. The van der Waals surface area contributed by atoms with Crippen LogP contribution in [-0.4, -0.2) is 41.4 Å². The zero-order valence-corrected chi connectivity index (χ0v) is 10.5. The van der Waals surface area contributed by atoms with Crippen LogP contribution in [0.3, 0.4) is 0 Å². The predicted octanol–water partition coefficient (Wildman–Crippen LogP) is 1.48. The summed E-state index contributed by atoms with van der Waals surface area (Å²) < 4.78 is 5.32. The van der Waals surface area contributed by atoms with Gasteiger partial charge in [0.25, 0.3) is 0 Å². The van der Waals surface area contributed by atoms with Gasteiger partial charge < -0.3 is 14.7 Å². The van der Waals surface area contributed by atoms with Crippen molar-refractivity contribution in [2.24, 2.45) is 17.3 Å². The largest absolute Gasteiger partial charge is 0.444 e. The molecule has 1 N–H and O–H groups in total. The standard InChI is InChI=1S/C12H21NO3/c1-11(2,3)16-10(15)13-5-8-9(6-13)12(8,4)7-14/h8-9,14H,5-7H2,1-4H3. The first-order valence-electron chi connectivity index (χ1n) is 5.87. The summed E-state index contributed by atoms with van der Waals surface area (Å²) in [4.78, 5) is 13.5. The molecule has 0 radical (unpaired) electrons. The number of carbonyl (C=O) groups is 1. The fourth-order valence-corrected chi connectivity index (χ4v) is 2.70. The highest BCUT2D eigenvalue weighted by Crippen LogP contribution is 2.62. The number of carbonyl (C=O) groups excluding carboxylic acids is 1. The molecule has 2 atom stereocenters. The van der Waals surface area contributed by atoms with E-state index >= 15 is 0 Å². The number of amides is 1. The summed E-state index contributed by atoms with van der Waals surface area (Å²) >= 11 is 0. The average molecular weight is 227 g/mol. The number of rotatable bonds is 1. The van der Waals surface area contributed by atoms with Crippen molar-refractivity contribution in [3.8, 4) is 0 Å². The van der Waals surface area contributed by atoms with E-state index in [1.165, 1.54) is 0 Å². The number of aliphatic hydroxyl groups excluding tert-OH is 1. The van der Waals surface area contributed by atoms with Crippen molar-refractivity contribution in [2.45, 2.75) is 33.3 Å². The molecule has 0 aromatic heterocycles. The van der Waals surface area contributed by atoms with E-state index in [2.05, 4.69) is 6.92 Å². The van der Waals surface area contributed by atoms with Crippen molar-refractivity contribution in [2.75, 3.05) is 19.7 Å². The number of ether oxygens (including phenoxy) is 1. The van der Waals surface area contributed by atoms with E-state index in [0.29, 0.717) is 11.8 Å². The van der Waals surface area contributed by atoms with Crippen LogP contribution in [0, 0.1) is 17.3 Å². The molecule has 16 heavy (non-hydrogen) atoms. The van der Waals surface area contributed by atoms with Crippen LogP contribution in [0.15, 0.2) is 0 Å². The zero-order valence-electron chi connectivity index (χ0n) is 10.5. The smallest absolute Gasteiger partial charge is 0.410 e. The van der Waals surface area contributed by atoms with E-state index in [-0.39, 0.29) is 18.1 Å². The number of nitrogens with zero attached hydrogens (tertiary/aromatic N) is 1. The third kappa shape index (κ3) is 1.79. The Morgan fingerprint density at radius 2 is 1.94 bits per heavy atom. The lowest BCUT2D eigenvalue weighted by Gasteiger charge is -2.27. The van der Waals surface area contributed by atoms with Gasteiger partial charge in [-0.05, 0) is 32.6 Å². The minimum absolute atomic E-state index is 0.0541. The summed E-state index contributed by atoms with van der Waals surface area (Å²) in [6.45, 7) is 9.41. The van der Waals surface area contributed by atoms with Gasteiger partial charge in [0.15, 0.2) is 0 Å². The summed E-state index contributed by atoms with van der Waals surface area (Å²) in [6.07, 6.45) is -0.222. The molecular formula is C12H21NO3. The molecule has 92 valence electrons. The molecule has 1 aliphatic heterocycles. The van der Waals surface area contributed by atoms with E-state index in [0.717, 1.165) is 13.1 Å². The number of hydrogen-bond donors (Lipinski definition) is 1. The lowest BCUT2D eigenvalue weighted by molar-refractivity contribution is 0.0238. The van der Waals surface area contributed by atoms with Crippen molar-refractivity contribution in [3.05, 3.63) is 0 Å². The summed E-state index contributed by atoms with van der Waals surface area (Å²) in [5.41, 5.74) is -0.372. The highest BCUT2D eigenvalue weighted by atomic mass is 16.6. The van der Waals surface area contributed by atoms with Crippen molar-refractivity contribution in [3.63, 3.8) is 0 Å². The number of hydrogen-bond acceptors (Lipinski definition) is 3. The maximum atomic E-state index is 11.8. The fourth-order valence-electron chi connectivity index (χ4n) is 2.70. The first kappa shape index (κ1) is 11.7. The van der Waals surface area contributed by atoms with E-state index < -0.39 is 5.60 Å². The summed E-state index contributed by atoms with van der Waals surface area (Å²) in [7, 11) is 0. The molecule has 1 saturated carbocycles. The van der Waals surface area contributed by atoms with Crippen LogP contribution in [-0.2, 0) is 4.74 Å². The van der Waals surface area contributed by atoms with Crippen molar-refractivity contribution in [1.29, 1.82) is 0 Å². The summed E-state index contributed by atoms with van der Waals surface area (Å²) in [6, 6.07) is 0. The van der Waals surface area contributed by atoms with Gasteiger partial charge >= 0.3 is 6.09 Å². The Bertz CT molecular complexity index is 296. The Labute approximate surface area is 96.6 Å². The van der Waals surface area contributed by atoms with Gasteiger partial charge in [0.2, 0.25) is 0 Å². The molecule has 1 heterocycles. The van der Waals surface area contributed by atoms with Gasteiger partial charge in [-0.2, -0.15) is 0 Å². The average Bonchev–Trinajstić information content (AvgIpc) is 2.59. The Hall–Kier alpha value is -0.770. The van der Waals surface area contributed by atoms with Gasteiger partial charge in [0, 0.05) is 25.1 Å². The molecular weight excluding hydrogens is 206 g/mol. The van der Waals surface area contributed by atoms with Crippen LogP contribution < -0.4 is 0 Å². The number of piperidine rings is 1. The van der Waals surface area contributed by atoms with E-state index in [4.69, 9.17) is 4.74 Å². The molecule has 1 aliphatic carbocycles. The highest BCUT2D eigenvalue weighted by molar-refractivity contribution is 5.69. The van der Waals surface area contributed by atoms with Gasteiger partial charge in [-0.15, -0.1) is 0 Å². The Kier molecular flexibility index (Phi) is 2.46. The Morgan fingerprint density at radius 1 is 1.44 bits per heavy atom. The molecule has 4 nitrogen and oxygen atoms in total. The van der Waals surface area contributed by atoms with Crippen molar-refractivity contribution < 1.29 is 14.6 Å². The molecule has 0 aromatic carbocycles. The first-order valence-corrected chi connectivity index (χ1v) is 5.87. The van der Waals surface area contributed by atoms with Gasteiger partial charge in [-0.3, -0.25) is 0 Å². The number of aliphatic hydroxyl groups is 1. The van der Waals surface area contributed by atoms with Crippen LogP contribution in [0.2, 0.25) is 0 Å². The topological polar surface area (TPSA) is 49.8 Å². The Morgan fingerprint density at radius 3 is 2.31 bits per heavy atom. The molecule has 0 bridgehead atoms. The molecule has 2 unspecified atom stereocenters. The van der Waals surface area contributed by atoms with Gasteiger partial charge in [-0.25, -0.2) is 4.79 Å². The molecule has 0 spiro atoms. The first-order chi connectivity index (χ1) is 7.28. The monoisotopic (exact) mass is 227 g/mol. The number of likely N-dealkylation sites (tertiary alicyclic amines) is 1. The summed E-state index contributed by atoms with van der Waals surface area (Å²) in [5.74, 6) is 0.926. The van der Waals surface area contributed by atoms with Gasteiger partial charge in [0.05, 0.1) is 0 Å². The SMILES string of the molecule is CC(C)(C)OC(=O)N1CC2C(C1)C2(C)CO. The fraction of sp³-hybridized carbons (Fsp3) is 0.917. The van der Waals surface area contributed by atoms with Crippen LogP contribution in [0.25, 0.3) is 0 Å². The molecule has 4 heteroatoms. The second-order valence-corrected chi connectivity index (χ2v) is 6.26. The predicted molar refractivity (Wildman–Crippen MR) is 60.0 cm³/mol. The van der Waals surface area contributed by atoms with Crippen LogP contribution >= 0.6 is 0 Å². The quantitative estimate of drug-likeness (QED) is 0.738. The maximum Gasteiger partial charge on any atom is 0.410 e. The van der Waals surface area contributed by atoms with E-state index in [9.17, 15) is 9.90 Å². The lowest BCUT2D eigenvalue weighted by atomic mass is 10.0. The van der Waals surface area contributed by atoms with Crippen LogP contribution in [0.5, 0.6) is 0 Å². The molecule has 1 saturated heterocycles. The summed E-state index contributed by atoms with van der Waals surface area (Å²) in [5, 5.41) is 9.25. The molecule has 0 aromatic rings. The third-order valence-corrected chi connectivity index (χ3v) is 3.90. The Balaban J connectivity index is 1.87. The normalized spacial score (nSPS) is 37.2. The minimum Gasteiger partial charge on any atom is -0.444 e. The molecule has 2 aliphatic rings. The second kappa shape index (κ2) is 3.36. The van der Waals surface area contributed by atoms with E-state index in [1.54, 1.807) is 4.90 Å². The molecule has 2 fully saturated rings. The second-order valence-electron chi connectivity index (χ2n) is 6.26. The highest BCUT2D eigenvalue weighted by Gasteiger charge is 2.65.